The number of nitrogens with zero attached hydrogens (tertiary/aromatic N) is 1. The Morgan fingerprint density at radius 3 is 2.17 bits per heavy atom. The molecule has 0 fully saturated rings. The van der Waals surface area contributed by atoms with Crippen molar-refractivity contribution in [3.63, 3.8) is 0 Å². The van der Waals surface area contributed by atoms with E-state index in [1.807, 2.05) is 13.8 Å². The van der Waals surface area contributed by atoms with Crippen LogP contribution >= 0.6 is 0 Å². The average Bonchev–Trinajstić information content (AvgIpc) is 2.04. The van der Waals surface area contributed by atoms with Crippen molar-refractivity contribution in [2.45, 2.75) is 59.3 Å². The van der Waals surface area contributed by atoms with Crippen molar-refractivity contribution < 1.29 is 0 Å². The summed E-state index contributed by atoms with van der Waals surface area (Å²) in [6.07, 6.45) is 7.51. The minimum atomic E-state index is -0.105. The summed E-state index contributed by atoms with van der Waals surface area (Å²) in [5.41, 5.74) is -0.105. The van der Waals surface area contributed by atoms with Crippen LogP contribution in [0, 0.1) is 16.7 Å². The van der Waals surface area contributed by atoms with E-state index in [1.54, 1.807) is 0 Å². The summed E-state index contributed by atoms with van der Waals surface area (Å²) in [5, 5.41) is 8.75. The molecule has 0 aliphatic carbocycles. The molecule has 0 heterocycles. The molecular formula is C11H21N. The average molecular weight is 167 g/mol. The quantitative estimate of drug-likeness (QED) is 0.550. The summed E-state index contributed by atoms with van der Waals surface area (Å²) < 4.78 is 0. The molecule has 12 heavy (non-hydrogen) atoms. The van der Waals surface area contributed by atoms with Crippen molar-refractivity contribution in [2.24, 2.45) is 5.41 Å². The van der Waals surface area contributed by atoms with Gasteiger partial charge in [0, 0.05) is 0 Å². The normalized spacial score (nSPS) is 11.2. The zero-order chi connectivity index (χ0) is 9.45. The van der Waals surface area contributed by atoms with E-state index in [-0.39, 0.29) is 5.41 Å². The van der Waals surface area contributed by atoms with Crippen LogP contribution in [0.2, 0.25) is 0 Å². The summed E-state index contributed by atoms with van der Waals surface area (Å²) in [6, 6.07) is 2.33. The topological polar surface area (TPSA) is 23.8 Å². The largest absolute Gasteiger partial charge is 0.198 e. The van der Waals surface area contributed by atoms with E-state index in [2.05, 4.69) is 13.0 Å². The molecule has 70 valence electrons. The second-order valence-corrected chi connectivity index (χ2v) is 4.16. The highest BCUT2D eigenvalue weighted by Crippen LogP contribution is 2.22. The second kappa shape index (κ2) is 6.06. The molecule has 0 aromatic heterocycles. The number of rotatable bonds is 6. The Balaban J connectivity index is 3.27. The smallest absolute Gasteiger partial charge is 0.0683 e. The highest BCUT2D eigenvalue weighted by molar-refractivity contribution is 4.91. The molecule has 0 aliphatic rings. The third-order valence-corrected chi connectivity index (χ3v) is 2.21. The first-order valence-corrected chi connectivity index (χ1v) is 5.03. The van der Waals surface area contributed by atoms with E-state index >= 15 is 0 Å². The number of unbranched alkanes of at least 4 members (excludes halogenated alkanes) is 4. The first-order valence-electron chi connectivity index (χ1n) is 5.03. The first-order chi connectivity index (χ1) is 5.62. The third kappa shape index (κ3) is 6.22. The second-order valence-electron chi connectivity index (χ2n) is 4.16. The van der Waals surface area contributed by atoms with Crippen molar-refractivity contribution in [2.75, 3.05) is 0 Å². The Morgan fingerprint density at radius 2 is 1.67 bits per heavy atom. The molecule has 0 amide bonds. The summed E-state index contributed by atoms with van der Waals surface area (Å²) in [6.45, 7) is 6.26. The monoisotopic (exact) mass is 167 g/mol. The Bertz CT molecular complexity index is 142. The van der Waals surface area contributed by atoms with Gasteiger partial charge in [0.2, 0.25) is 0 Å². The zero-order valence-corrected chi connectivity index (χ0v) is 8.69. The fourth-order valence-electron chi connectivity index (χ4n) is 1.23. The van der Waals surface area contributed by atoms with Gasteiger partial charge in [-0.15, -0.1) is 0 Å². The van der Waals surface area contributed by atoms with Gasteiger partial charge in [-0.05, 0) is 20.3 Å². The third-order valence-electron chi connectivity index (χ3n) is 2.21. The summed E-state index contributed by atoms with van der Waals surface area (Å²) in [5.74, 6) is 0. The zero-order valence-electron chi connectivity index (χ0n) is 8.69. The van der Waals surface area contributed by atoms with Crippen LogP contribution in [0.15, 0.2) is 0 Å². The van der Waals surface area contributed by atoms with Crippen LogP contribution in [-0.4, -0.2) is 0 Å². The van der Waals surface area contributed by atoms with Gasteiger partial charge in [-0.3, -0.25) is 0 Å². The summed E-state index contributed by atoms with van der Waals surface area (Å²) in [4.78, 5) is 0. The molecule has 0 bridgehead atoms. The van der Waals surface area contributed by atoms with Crippen LogP contribution in [0.1, 0.15) is 59.3 Å². The Kier molecular flexibility index (Phi) is 5.80. The van der Waals surface area contributed by atoms with Crippen molar-refractivity contribution in [1.29, 1.82) is 5.26 Å². The predicted octanol–water partition coefficient (Wildman–Crippen LogP) is 3.90. The predicted molar refractivity (Wildman–Crippen MR) is 52.8 cm³/mol. The van der Waals surface area contributed by atoms with Gasteiger partial charge in [0.1, 0.15) is 0 Å². The maximum absolute atomic E-state index is 8.75. The van der Waals surface area contributed by atoms with E-state index in [0.717, 1.165) is 6.42 Å². The van der Waals surface area contributed by atoms with E-state index < -0.39 is 0 Å². The minimum Gasteiger partial charge on any atom is -0.198 e. The molecule has 0 spiro atoms. The lowest BCUT2D eigenvalue weighted by Crippen LogP contribution is -2.06. The molecule has 0 unspecified atom stereocenters. The molecule has 0 aromatic carbocycles. The molecule has 0 saturated carbocycles. The van der Waals surface area contributed by atoms with E-state index in [1.165, 1.54) is 32.1 Å². The molecule has 0 saturated heterocycles. The molecule has 1 nitrogen and oxygen atoms in total. The Hall–Kier alpha value is -0.510. The summed E-state index contributed by atoms with van der Waals surface area (Å²) in [7, 11) is 0. The highest BCUT2D eigenvalue weighted by Gasteiger charge is 2.14. The van der Waals surface area contributed by atoms with Gasteiger partial charge in [0.05, 0.1) is 11.5 Å². The maximum Gasteiger partial charge on any atom is 0.0683 e. The molecule has 1 heteroatoms. The van der Waals surface area contributed by atoms with Gasteiger partial charge >= 0.3 is 0 Å². The van der Waals surface area contributed by atoms with Crippen LogP contribution in [-0.2, 0) is 0 Å². The number of hydrogen-bond donors (Lipinski definition) is 0. The minimum absolute atomic E-state index is 0.105. The highest BCUT2D eigenvalue weighted by atomic mass is 14.3. The van der Waals surface area contributed by atoms with Gasteiger partial charge < -0.3 is 0 Å². The van der Waals surface area contributed by atoms with Gasteiger partial charge in [0.15, 0.2) is 0 Å². The SMILES string of the molecule is CCCCCCCC(C)(C)C#N. The maximum atomic E-state index is 8.75. The molecule has 0 atom stereocenters. The van der Waals surface area contributed by atoms with Crippen LogP contribution in [0.5, 0.6) is 0 Å². The van der Waals surface area contributed by atoms with E-state index in [0.29, 0.717) is 0 Å². The fraction of sp³-hybridized carbons (Fsp3) is 0.909. The molecule has 0 N–H and O–H groups in total. The first kappa shape index (κ1) is 11.5. The van der Waals surface area contributed by atoms with E-state index in [4.69, 9.17) is 5.26 Å². The molecule has 0 radical (unpaired) electrons. The molecular weight excluding hydrogens is 146 g/mol. The Morgan fingerprint density at radius 1 is 1.08 bits per heavy atom. The number of nitriles is 1. The van der Waals surface area contributed by atoms with Crippen molar-refractivity contribution in [3.8, 4) is 6.07 Å². The Labute approximate surface area is 76.8 Å². The van der Waals surface area contributed by atoms with Crippen molar-refractivity contribution in [1.82, 2.24) is 0 Å². The lowest BCUT2D eigenvalue weighted by molar-refractivity contribution is 0.420. The lowest BCUT2D eigenvalue weighted by Gasteiger charge is -2.13. The van der Waals surface area contributed by atoms with Crippen LogP contribution < -0.4 is 0 Å². The molecule has 0 rings (SSSR count). The molecule has 0 aliphatic heterocycles. The lowest BCUT2D eigenvalue weighted by atomic mass is 9.88. The number of hydrogen-bond acceptors (Lipinski definition) is 1. The van der Waals surface area contributed by atoms with Crippen LogP contribution in [0.4, 0.5) is 0 Å². The van der Waals surface area contributed by atoms with Gasteiger partial charge in [-0.2, -0.15) is 5.26 Å². The fourth-order valence-corrected chi connectivity index (χ4v) is 1.23. The van der Waals surface area contributed by atoms with Crippen molar-refractivity contribution >= 4 is 0 Å². The van der Waals surface area contributed by atoms with Gasteiger partial charge in [-0.1, -0.05) is 39.0 Å². The van der Waals surface area contributed by atoms with Crippen LogP contribution in [0.25, 0.3) is 0 Å². The summed E-state index contributed by atoms with van der Waals surface area (Å²) >= 11 is 0. The van der Waals surface area contributed by atoms with Crippen molar-refractivity contribution in [3.05, 3.63) is 0 Å². The van der Waals surface area contributed by atoms with Gasteiger partial charge in [-0.25, -0.2) is 0 Å². The van der Waals surface area contributed by atoms with Crippen LogP contribution in [0.3, 0.4) is 0 Å². The van der Waals surface area contributed by atoms with E-state index in [9.17, 15) is 0 Å². The van der Waals surface area contributed by atoms with Gasteiger partial charge in [0.25, 0.3) is 0 Å². The standard InChI is InChI=1S/C11H21N/c1-4-5-6-7-8-9-11(2,3)10-12/h4-9H2,1-3H3. The molecule has 0 aromatic rings.